The number of rotatable bonds is 12. The first-order valence-corrected chi connectivity index (χ1v) is 13.7. The molecule has 1 fully saturated rings. The van der Waals surface area contributed by atoms with Gasteiger partial charge in [-0.25, -0.2) is 23.0 Å². The normalized spacial score (nSPS) is 12.7. The second kappa shape index (κ2) is 12.3. The van der Waals surface area contributed by atoms with E-state index >= 15 is 0 Å². The van der Waals surface area contributed by atoms with Gasteiger partial charge in [-0.15, -0.1) is 0 Å². The van der Waals surface area contributed by atoms with E-state index in [1.165, 1.54) is 17.5 Å². The van der Waals surface area contributed by atoms with Gasteiger partial charge in [-0.1, -0.05) is 0 Å². The van der Waals surface area contributed by atoms with Crippen LogP contribution in [0.15, 0.2) is 42.9 Å². The number of hydrogen-bond acceptors (Lipinski definition) is 8. The molecule has 1 aliphatic rings. The molecule has 0 amide bonds. The van der Waals surface area contributed by atoms with Crippen molar-refractivity contribution < 1.29 is 22.5 Å². The summed E-state index contributed by atoms with van der Waals surface area (Å²) in [6.45, 7) is 4.20. The van der Waals surface area contributed by atoms with Crippen molar-refractivity contribution in [1.29, 1.82) is 0 Å². The number of halogens is 2. The van der Waals surface area contributed by atoms with Crippen LogP contribution in [0.4, 0.5) is 20.3 Å². The van der Waals surface area contributed by atoms with Gasteiger partial charge < -0.3 is 14.8 Å². The van der Waals surface area contributed by atoms with Crippen LogP contribution in [-0.2, 0) is 17.8 Å². The smallest absolute Gasteiger partial charge is 0.182 e. The summed E-state index contributed by atoms with van der Waals surface area (Å²) in [6.07, 6.45) is 7.26. The zero-order valence-corrected chi connectivity index (χ0v) is 22.9. The van der Waals surface area contributed by atoms with Crippen LogP contribution in [0.2, 0.25) is 0 Å². The van der Waals surface area contributed by atoms with E-state index in [0.717, 1.165) is 29.8 Å². The van der Waals surface area contributed by atoms with Crippen LogP contribution < -0.4 is 14.8 Å². The van der Waals surface area contributed by atoms with Crippen LogP contribution in [0, 0.1) is 18.6 Å². The van der Waals surface area contributed by atoms with E-state index < -0.39 is 11.6 Å². The molecule has 1 saturated carbocycles. The summed E-state index contributed by atoms with van der Waals surface area (Å²) in [5.41, 5.74) is 2.96. The predicted octanol–water partition coefficient (Wildman–Crippen LogP) is 5.17. The molecule has 0 aliphatic heterocycles. The molecule has 0 radical (unpaired) electrons. The monoisotopic (exact) mass is 566 g/mol. The van der Waals surface area contributed by atoms with Gasteiger partial charge in [0.1, 0.15) is 23.1 Å². The lowest BCUT2D eigenvalue weighted by Gasteiger charge is -2.12. The Kier molecular flexibility index (Phi) is 8.44. The van der Waals surface area contributed by atoms with Crippen molar-refractivity contribution in [3.8, 4) is 23.0 Å². The lowest BCUT2D eigenvalue weighted by Crippen LogP contribution is -2.10. The molecular weight excluding hydrogens is 538 g/mol. The van der Waals surface area contributed by atoms with Gasteiger partial charge in [-0.2, -0.15) is 5.10 Å². The first kappa shape index (κ1) is 27.4. The second-order valence-electron chi connectivity index (χ2n) is 9.26. The molecular formula is C28H28F2N6O3S. The van der Waals surface area contributed by atoms with Gasteiger partial charge in [-0.05, 0) is 38.8 Å². The molecule has 0 unspecified atom stereocenters. The molecule has 0 atom stereocenters. The summed E-state index contributed by atoms with van der Waals surface area (Å²) < 4.78 is 53.3. The van der Waals surface area contributed by atoms with Crippen LogP contribution >= 0.6 is 0 Å². The summed E-state index contributed by atoms with van der Waals surface area (Å²) in [5, 5.41) is 9.49. The van der Waals surface area contributed by atoms with Gasteiger partial charge in [0, 0.05) is 64.7 Å². The molecule has 3 heterocycles. The van der Waals surface area contributed by atoms with E-state index in [4.69, 9.17) is 19.6 Å². The van der Waals surface area contributed by atoms with Gasteiger partial charge in [0.15, 0.2) is 17.4 Å². The third kappa shape index (κ3) is 6.17. The summed E-state index contributed by atoms with van der Waals surface area (Å²) in [6, 6.07) is 5.97. The molecule has 4 aromatic rings. The maximum atomic E-state index is 14.9. The second-order valence-corrected chi connectivity index (χ2v) is 9.78. The lowest BCUT2D eigenvalue weighted by atomic mass is 10.1. The average Bonchev–Trinajstić information content (AvgIpc) is 3.72. The third-order valence-electron chi connectivity index (χ3n) is 6.41. The molecule has 3 aromatic heterocycles. The van der Waals surface area contributed by atoms with Crippen molar-refractivity contribution in [2.75, 3.05) is 18.5 Å². The number of nitrogens with zero attached hydrogens (tertiary/aromatic N) is 5. The van der Waals surface area contributed by atoms with E-state index in [1.807, 2.05) is 6.92 Å². The van der Waals surface area contributed by atoms with Gasteiger partial charge in [0.25, 0.3) is 0 Å². The molecule has 0 spiro atoms. The lowest BCUT2D eigenvalue weighted by molar-refractivity contribution is 0.330. The van der Waals surface area contributed by atoms with Gasteiger partial charge in [0.2, 0.25) is 0 Å². The van der Waals surface area contributed by atoms with Crippen LogP contribution in [0.25, 0.3) is 11.5 Å². The minimum Gasteiger partial charge on any atom is -0.494 e. The number of anilines is 2. The van der Waals surface area contributed by atoms with Crippen molar-refractivity contribution in [2.45, 2.75) is 45.6 Å². The van der Waals surface area contributed by atoms with E-state index in [1.54, 1.807) is 42.3 Å². The summed E-state index contributed by atoms with van der Waals surface area (Å²) >= 11 is 0.388. The number of nitrogens with one attached hydrogen (secondary N) is 1. The zero-order valence-electron chi connectivity index (χ0n) is 22.1. The topological polar surface area (TPSA) is 104 Å². The van der Waals surface area contributed by atoms with Crippen molar-refractivity contribution in [3.63, 3.8) is 0 Å². The Morgan fingerprint density at radius 3 is 2.60 bits per heavy atom. The molecule has 1 aromatic carbocycles. The fourth-order valence-electron chi connectivity index (χ4n) is 4.42. The largest absolute Gasteiger partial charge is 0.494 e. The fourth-order valence-corrected chi connectivity index (χ4v) is 4.61. The van der Waals surface area contributed by atoms with Gasteiger partial charge in [0.05, 0.1) is 37.2 Å². The van der Waals surface area contributed by atoms with Crippen LogP contribution in [0.1, 0.15) is 48.9 Å². The highest BCUT2D eigenvalue weighted by Crippen LogP contribution is 2.44. The highest BCUT2D eigenvalue weighted by molar-refractivity contribution is 7.64. The standard InChI is InChI=1S/C28H28F2N6O3S/c1-3-38-20-13-22(29)21(23(30)14-20)16-36-26(18-5-6-18)17(2)25(35-36)28-32-15-24(39-11-4-12-40-37)27(34-28)33-19-7-9-31-10-8-19/h7-10,12-15,18H,3-6,11,16H2,1-2H3,(H,31,32,33,34). The Morgan fingerprint density at radius 2 is 1.93 bits per heavy atom. The van der Waals surface area contributed by atoms with Crippen molar-refractivity contribution in [3.05, 3.63) is 71.3 Å². The third-order valence-corrected chi connectivity index (χ3v) is 6.78. The van der Waals surface area contributed by atoms with Gasteiger partial charge >= 0.3 is 0 Å². The molecule has 5 rings (SSSR count). The predicted molar refractivity (Wildman–Crippen MR) is 148 cm³/mol. The van der Waals surface area contributed by atoms with E-state index in [2.05, 4.69) is 15.3 Å². The Bertz CT molecular complexity index is 1530. The Morgan fingerprint density at radius 1 is 1.18 bits per heavy atom. The Labute approximate surface area is 233 Å². The molecule has 40 heavy (non-hydrogen) atoms. The summed E-state index contributed by atoms with van der Waals surface area (Å²) in [4.78, 5) is 13.3. The maximum absolute atomic E-state index is 14.9. The van der Waals surface area contributed by atoms with E-state index in [-0.39, 0.29) is 30.4 Å². The summed E-state index contributed by atoms with van der Waals surface area (Å²) in [5.74, 6) is 0.192. The number of hydrogen-bond donors (Lipinski definition) is 1. The molecule has 1 N–H and O–H groups in total. The minimum atomic E-state index is -0.686. The number of pyridine rings is 1. The first-order chi connectivity index (χ1) is 19.5. The highest BCUT2D eigenvalue weighted by atomic mass is 32.1. The van der Waals surface area contributed by atoms with Crippen molar-refractivity contribution >= 4 is 28.1 Å². The van der Waals surface area contributed by atoms with Crippen molar-refractivity contribution in [1.82, 2.24) is 24.7 Å². The number of ether oxygens (including phenoxy) is 2. The molecule has 208 valence electrons. The van der Waals surface area contributed by atoms with Crippen LogP contribution in [-0.4, -0.2) is 47.5 Å². The first-order valence-electron chi connectivity index (χ1n) is 12.9. The highest BCUT2D eigenvalue weighted by Gasteiger charge is 2.32. The molecule has 0 bridgehead atoms. The molecule has 1 aliphatic carbocycles. The quantitative estimate of drug-likeness (QED) is 0.185. The Balaban J connectivity index is 1.51. The minimum absolute atomic E-state index is 0.0751. The van der Waals surface area contributed by atoms with Gasteiger partial charge in [-0.3, -0.25) is 9.67 Å². The summed E-state index contributed by atoms with van der Waals surface area (Å²) in [7, 11) is 0. The van der Waals surface area contributed by atoms with Crippen LogP contribution in [0.3, 0.4) is 0 Å². The number of aromatic nitrogens is 5. The zero-order chi connectivity index (χ0) is 28.1. The van der Waals surface area contributed by atoms with E-state index in [0.29, 0.717) is 47.4 Å². The molecule has 9 nitrogen and oxygen atoms in total. The fraction of sp³-hybridized carbons (Fsp3) is 0.321. The SMILES string of the molecule is CCOc1cc(F)c(Cn2nc(-c3ncc(OCCC=S=O)c(Nc4ccncc4)n3)c(C)c2C2CC2)c(F)c1. The van der Waals surface area contributed by atoms with E-state index in [9.17, 15) is 13.0 Å². The Hall–Kier alpha value is -4.19. The average molecular weight is 567 g/mol. The number of benzene rings is 1. The maximum Gasteiger partial charge on any atom is 0.182 e. The molecule has 12 heteroatoms. The molecule has 0 saturated heterocycles. The van der Waals surface area contributed by atoms with Crippen molar-refractivity contribution in [2.24, 2.45) is 0 Å². The van der Waals surface area contributed by atoms with Crippen LogP contribution in [0.5, 0.6) is 11.5 Å².